The summed E-state index contributed by atoms with van der Waals surface area (Å²) in [5.41, 5.74) is 8.31. The number of carbonyl (C=O) groups is 1. The van der Waals surface area contributed by atoms with E-state index in [1.54, 1.807) is 42.5 Å². The number of benzene rings is 3. The van der Waals surface area contributed by atoms with Crippen LogP contribution < -0.4 is 29.4 Å². The summed E-state index contributed by atoms with van der Waals surface area (Å²) in [5.74, 6) is 1.43. The van der Waals surface area contributed by atoms with Crippen molar-refractivity contribution >= 4 is 5.97 Å². The average Bonchev–Trinajstić information content (AvgIpc) is 2.94. The molecule has 0 radical (unpaired) electrons. The van der Waals surface area contributed by atoms with E-state index in [4.69, 9.17) is 29.4 Å². The topological polar surface area (TPSA) is 113 Å². The first-order valence-electron chi connectivity index (χ1n) is 13.0. The van der Waals surface area contributed by atoms with Crippen molar-refractivity contribution < 1.29 is 28.5 Å². The fourth-order valence-electron chi connectivity index (χ4n) is 4.30. The van der Waals surface area contributed by atoms with Crippen LogP contribution in [-0.2, 0) is 0 Å². The maximum Gasteiger partial charge on any atom is 0.343 e. The van der Waals surface area contributed by atoms with Crippen LogP contribution in [0.3, 0.4) is 0 Å². The van der Waals surface area contributed by atoms with Crippen LogP contribution >= 0.6 is 0 Å². The van der Waals surface area contributed by atoms with Gasteiger partial charge in [-0.3, -0.25) is 0 Å². The van der Waals surface area contributed by atoms with E-state index in [-0.39, 0.29) is 17.2 Å². The molecule has 0 aromatic heterocycles. The van der Waals surface area contributed by atoms with E-state index in [1.807, 2.05) is 32.0 Å². The Labute approximate surface area is 228 Å². The van der Waals surface area contributed by atoms with Crippen molar-refractivity contribution in [2.45, 2.75) is 39.5 Å². The summed E-state index contributed by atoms with van der Waals surface area (Å²) >= 11 is 0. The van der Waals surface area contributed by atoms with Crippen molar-refractivity contribution in [3.63, 3.8) is 0 Å². The zero-order chi connectivity index (χ0) is 27.8. The highest BCUT2D eigenvalue weighted by molar-refractivity contribution is 5.91. The van der Waals surface area contributed by atoms with Gasteiger partial charge < -0.3 is 29.4 Å². The third kappa shape index (κ3) is 6.27. The van der Waals surface area contributed by atoms with Crippen LogP contribution in [0.15, 0.2) is 72.1 Å². The van der Waals surface area contributed by atoms with Gasteiger partial charge in [0.1, 0.15) is 28.9 Å². The smallest absolute Gasteiger partial charge is 0.343 e. The number of esters is 1. The number of nitrogens with zero attached hydrogens (tertiary/aromatic N) is 1. The highest BCUT2D eigenvalue weighted by atomic mass is 16.5. The molecule has 3 aromatic carbocycles. The molecule has 0 amide bonds. The number of nitrogens with two attached hydrogens (primary N) is 1. The minimum absolute atomic E-state index is 0.0118. The molecule has 1 heterocycles. The SMILES string of the molecule is CCCCOc1cccc(C(=O)Oc2ccc3c(c2)OC(N)=C(C#N)C3c2ccc(OCC)c(OCC)c2)c1. The molecule has 0 bridgehead atoms. The minimum Gasteiger partial charge on any atom is -0.494 e. The van der Waals surface area contributed by atoms with Gasteiger partial charge in [0.05, 0.1) is 31.3 Å². The molecule has 8 heteroatoms. The van der Waals surface area contributed by atoms with Crippen LogP contribution in [0, 0.1) is 11.3 Å². The fourth-order valence-corrected chi connectivity index (χ4v) is 4.30. The predicted molar refractivity (Wildman–Crippen MR) is 146 cm³/mol. The van der Waals surface area contributed by atoms with Crippen LogP contribution in [-0.4, -0.2) is 25.8 Å². The van der Waals surface area contributed by atoms with E-state index >= 15 is 0 Å². The van der Waals surface area contributed by atoms with Crippen molar-refractivity contribution in [1.29, 1.82) is 5.26 Å². The van der Waals surface area contributed by atoms with Gasteiger partial charge in [0.25, 0.3) is 0 Å². The second kappa shape index (κ2) is 12.7. The van der Waals surface area contributed by atoms with Crippen LogP contribution in [0.4, 0.5) is 0 Å². The van der Waals surface area contributed by atoms with Crippen molar-refractivity contribution in [1.82, 2.24) is 0 Å². The summed E-state index contributed by atoms with van der Waals surface area (Å²) in [6.07, 6.45) is 1.95. The number of ether oxygens (including phenoxy) is 5. The first-order valence-corrected chi connectivity index (χ1v) is 13.0. The van der Waals surface area contributed by atoms with E-state index in [9.17, 15) is 10.1 Å². The highest BCUT2D eigenvalue weighted by Crippen LogP contribution is 2.45. The van der Waals surface area contributed by atoms with E-state index in [2.05, 4.69) is 13.0 Å². The molecule has 0 saturated heterocycles. The number of unbranched alkanes of at least 4 members (excludes halogenated alkanes) is 1. The Kier molecular flexibility index (Phi) is 8.95. The van der Waals surface area contributed by atoms with Crippen molar-refractivity contribution in [2.75, 3.05) is 19.8 Å². The third-order valence-electron chi connectivity index (χ3n) is 6.14. The molecule has 1 unspecified atom stereocenters. The van der Waals surface area contributed by atoms with Crippen LogP contribution in [0.25, 0.3) is 0 Å². The first-order chi connectivity index (χ1) is 19.0. The van der Waals surface area contributed by atoms with Gasteiger partial charge in [-0.2, -0.15) is 5.26 Å². The monoisotopic (exact) mass is 528 g/mol. The largest absolute Gasteiger partial charge is 0.494 e. The molecule has 1 aliphatic heterocycles. The quantitative estimate of drug-likeness (QED) is 0.180. The Morgan fingerprint density at radius 3 is 2.49 bits per heavy atom. The molecule has 39 heavy (non-hydrogen) atoms. The maximum absolute atomic E-state index is 12.9. The number of fused-ring (bicyclic) bond motifs is 1. The van der Waals surface area contributed by atoms with E-state index < -0.39 is 11.9 Å². The predicted octanol–water partition coefficient (Wildman–Crippen LogP) is 6.10. The van der Waals surface area contributed by atoms with Crippen molar-refractivity contribution in [2.24, 2.45) is 5.73 Å². The maximum atomic E-state index is 12.9. The number of carbonyl (C=O) groups excluding carboxylic acids is 1. The molecule has 0 fully saturated rings. The van der Waals surface area contributed by atoms with Gasteiger partial charge in [-0.25, -0.2) is 4.79 Å². The molecule has 0 aliphatic carbocycles. The van der Waals surface area contributed by atoms with Gasteiger partial charge in [-0.1, -0.05) is 31.5 Å². The molecule has 202 valence electrons. The molecule has 3 aromatic rings. The standard InChI is InChI=1S/C31H32N2O6/c1-4-7-15-37-22-10-8-9-21(16-22)31(34)38-23-12-13-24-27(18-23)39-30(33)25(19-32)29(24)20-11-14-26(35-5-2)28(17-20)36-6-3/h8-14,16-18,29H,4-7,15,33H2,1-3H3. The summed E-state index contributed by atoms with van der Waals surface area (Å²) < 4.78 is 28.6. The molecule has 2 N–H and O–H groups in total. The second-order valence-corrected chi connectivity index (χ2v) is 8.82. The van der Waals surface area contributed by atoms with E-state index in [0.29, 0.717) is 53.9 Å². The Balaban J connectivity index is 1.62. The molecular formula is C31H32N2O6. The number of nitriles is 1. The summed E-state index contributed by atoms with van der Waals surface area (Å²) in [5, 5.41) is 9.92. The van der Waals surface area contributed by atoms with Crippen LogP contribution in [0.1, 0.15) is 61.0 Å². The highest BCUT2D eigenvalue weighted by Gasteiger charge is 2.32. The fraction of sp³-hybridized carbons (Fsp3) is 0.290. The number of allylic oxidation sites excluding steroid dienone is 1. The van der Waals surface area contributed by atoms with Crippen molar-refractivity contribution in [3.05, 3.63) is 88.8 Å². The summed E-state index contributed by atoms with van der Waals surface area (Å²) in [6, 6.07) is 19.7. The van der Waals surface area contributed by atoms with Gasteiger partial charge in [0, 0.05) is 11.6 Å². The number of hydrogen-bond acceptors (Lipinski definition) is 8. The Bertz CT molecular complexity index is 1410. The molecule has 8 nitrogen and oxygen atoms in total. The Morgan fingerprint density at radius 2 is 1.74 bits per heavy atom. The molecule has 0 spiro atoms. The van der Waals surface area contributed by atoms with E-state index in [0.717, 1.165) is 18.4 Å². The normalized spacial score (nSPS) is 14.1. The summed E-state index contributed by atoms with van der Waals surface area (Å²) in [4.78, 5) is 12.9. The zero-order valence-electron chi connectivity index (χ0n) is 22.4. The van der Waals surface area contributed by atoms with Gasteiger partial charge in [0.15, 0.2) is 11.5 Å². The first kappa shape index (κ1) is 27.4. The Hall–Kier alpha value is -4.64. The lowest BCUT2D eigenvalue weighted by molar-refractivity contribution is 0.0734. The molecule has 1 atom stereocenters. The summed E-state index contributed by atoms with van der Waals surface area (Å²) in [7, 11) is 0. The van der Waals surface area contributed by atoms with Gasteiger partial charge in [-0.05, 0) is 62.2 Å². The summed E-state index contributed by atoms with van der Waals surface area (Å²) in [6.45, 7) is 7.41. The van der Waals surface area contributed by atoms with Gasteiger partial charge >= 0.3 is 5.97 Å². The lowest BCUT2D eigenvalue weighted by Crippen LogP contribution is -2.21. The third-order valence-corrected chi connectivity index (χ3v) is 6.14. The van der Waals surface area contributed by atoms with Gasteiger partial charge in [0.2, 0.25) is 5.88 Å². The van der Waals surface area contributed by atoms with Gasteiger partial charge in [-0.15, -0.1) is 0 Å². The van der Waals surface area contributed by atoms with E-state index in [1.165, 1.54) is 0 Å². The lowest BCUT2D eigenvalue weighted by atomic mass is 9.83. The van der Waals surface area contributed by atoms with Crippen LogP contribution in [0.5, 0.6) is 28.7 Å². The lowest BCUT2D eigenvalue weighted by Gasteiger charge is -2.27. The van der Waals surface area contributed by atoms with Crippen LogP contribution in [0.2, 0.25) is 0 Å². The molecular weight excluding hydrogens is 496 g/mol. The second-order valence-electron chi connectivity index (χ2n) is 8.82. The number of rotatable bonds is 11. The zero-order valence-corrected chi connectivity index (χ0v) is 22.4. The molecule has 0 saturated carbocycles. The average molecular weight is 529 g/mol. The van der Waals surface area contributed by atoms with Crippen molar-refractivity contribution in [3.8, 4) is 34.8 Å². The minimum atomic E-state index is -0.530. The Morgan fingerprint density at radius 1 is 0.949 bits per heavy atom. The molecule has 1 aliphatic rings. The number of hydrogen-bond donors (Lipinski definition) is 1. The molecule has 4 rings (SSSR count).